The van der Waals surface area contributed by atoms with Crippen molar-refractivity contribution in [2.24, 2.45) is 0 Å². The van der Waals surface area contributed by atoms with Gasteiger partial charge in [-0.1, -0.05) is 30.3 Å². The molecule has 7 nitrogen and oxygen atoms in total. The number of nitrogens with zero attached hydrogens (tertiary/aromatic N) is 2. The van der Waals surface area contributed by atoms with Gasteiger partial charge in [0.2, 0.25) is 10.0 Å². The Morgan fingerprint density at radius 3 is 2.44 bits per heavy atom. The van der Waals surface area contributed by atoms with Gasteiger partial charge in [-0.15, -0.1) is 0 Å². The normalized spacial score (nSPS) is 11.5. The van der Waals surface area contributed by atoms with E-state index in [-0.39, 0.29) is 17.2 Å². The first-order valence-corrected chi connectivity index (χ1v) is 9.13. The van der Waals surface area contributed by atoms with E-state index in [1.54, 1.807) is 0 Å². The highest BCUT2D eigenvalue weighted by Crippen LogP contribution is 2.30. The van der Waals surface area contributed by atoms with Gasteiger partial charge in [-0.05, 0) is 30.5 Å². The predicted molar refractivity (Wildman–Crippen MR) is 94.2 cm³/mol. The Kier molecular flexibility index (Phi) is 6.11. The minimum Gasteiger partial charge on any atom is -0.497 e. The molecule has 0 saturated carbocycles. The van der Waals surface area contributed by atoms with E-state index < -0.39 is 20.6 Å². The lowest BCUT2D eigenvalue weighted by Crippen LogP contribution is -2.28. The van der Waals surface area contributed by atoms with Crippen LogP contribution in [-0.4, -0.2) is 38.3 Å². The molecule has 2 rings (SSSR count). The standard InChI is InChI=1S/C17H20N2O5S/c1-18(12-6-9-14-7-4-3-5-8-14)25(22,23)17-11-10-15(24-2)13-16(17)19(20)21/h3-5,7-8,10-11,13H,6,9,12H2,1-2H3. The lowest BCUT2D eigenvalue weighted by molar-refractivity contribution is -0.387. The summed E-state index contributed by atoms with van der Waals surface area (Å²) >= 11 is 0. The molecule has 0 unspecified atom stereocenters. The van der Waals surface area contributed by atoms with Crippen LogP contribution in [0.15, 0.2) is 53.4 Å². The molecular formula is C17H20N2O5S. The molecule has 0 atom stereocenters. The second kappa shape index (κ2) is 8.09. The predicted octanol–water partition coefficient (Wildman–Crippen LogP) is 2.86. The van der Waals surface area contributed by atoms with Crippen molar-refractivity contribution in [1.29, 1.82) is 0 Å². The summed E-state index contributed by atoms with van der Waals surface area (Å²) in [6, 6.07) is 13.4. The highest BCUT2D eigenvalue weighted by molar-refractivity contribution is 7.89. The third-order valence-electron chi connectivity index (χ3n) is 3.83. The molecule has 0 amide bonds. The van der Waals surface area contributed by atoms with Crippen molar-refractivity contribution < 1.29 is 18.1 Å². The van der Waals surface area contributed by atoms with Crippen LogP contribution < -0.4 is 4.74 Å². The van der Waals surface area contributed by atoms with Crippen LogP contribution in [0.25, 0.3) is 0 Å². The maximum absolute atomic E-state index is 12.7. The van der Waals surface area contributed by atoms with Gasteiger partial charge < -0.3 is 4.74 Å². The van der Waals surface area contributed by atoms with Gasteiger partial charge in [-0.2, -0.15) is 0 Å². The first kappa shape index (κ1) is 18.9. The number of ether oxygens (including phenoxy) is 1. The van der Waals surface area contributed by atoms with Crippen LogP contribution >= 0.6 is 0 Å². The third-order valence-corrected chi connectivity index (χ3v) is 5.74. The van der Waals surface area contributed by atoms with E-state index in [0.717, 1.165) is 22.4 Å². The molecule has 8 heteroatoms. The molecule has 134 valence electrons. The second-order valence-corrected chi connectivity index (χ2v) is 7.52. The number of nitro benzene ring substituents is 1. The number of rotatable bonds is 8. The van der Waals surface area contributed by atoms with Crippen LogP contribution in [0.3, 0.4) is 0 Å². The molecule has 0 aliphatic rings. The quantitative estimate of drug-likeness (QED) is 0.531. The summed E-state index contributed by atoms with van der Waals surface area (Å²) in [5.41, 5.74) is 0.623. The zero-order chi connectivity index (χ0) is 18.4. The van der Waals surface area contributed by atoms with E-state index in [9.17, 15) is 18.5 Å². The Morgan fingerprint density at radius 2 is 1.84 bits per heavy atom. The topological polar surface area (TPSA) is 89.8 Å². The average molecular weight is 364 g/mol. The smallest absolute Gasteiger partial charge is 0.293 e. The van der Waals surface area contributed by atoms with Crippen LogP contribution in [0.2, 0.25) is 0 Å². The Labute approximate surface area is 147 Å². The SMILES string of the molecule is COc1ccc(S(=O)(=O)N(C)CCCc2ccccc2)c([N+](=O)[O-])c1. The van der Waals surface area contributed by atoms with E-state index in [0.29, 0.717) is 6.42 Å². The van der Waals surface area contributed by atoms with Crippen molar-refractivity contribution in [2.75, 3.05) is 20.7 Å². The molecular weight excluding hydrogens is 344 g/mol. The number of sulfonamides is 1. The summed E-state index contributed by atoms with van der Waals surface area (Å²) in [5.74, 6) is 0.234. The molecule has 0 aliphatic carbocycles. The molecule has 0 fully saturated rings. The van der Waals surface area contributed by atoms with E-state index in [1.807, 2.05) is 30.3 Å². The summed E-state index contributed by atoms with van der Waals surface area (Å²) in [7, 11) is -1.17. The van der Waals surface area contributed by atoms with Crippen LogP contribution in [0.5, 0.6) is 5.75 Å². The van der Waals surface area contributed by atoms with E-state index in [1.165, 1.54) is 26.3 Å². The molecule has 0 spiro atoms. The molecule has 0 aromatic heterocycles. The summed E-state index contributed by atoms with van der Waals surface area (Å²) in [4.78, 5) is 10.2. The molecule has 2 aromatic rings. The van der Waals surface area contributed by atoms with Crippen molar-refractivity contribution in [3.63, 3.8) is 0 Å². The molecule has 0 bridgehead atoms. The highest BCUT2D eigenvalue weighted by Gasteiger charge is 2.29. The van der Waals surface area contributed by atoms with Crippen LogP contribution in [-0.2, 0) is 16.4 Å². The van der Waals surface area contributed by atoms with Gasteiger partial charge in [0.25, 0.3) is 5.69 Å². The summed E-state index contributed by atoms with van der Waals surface area (Å²) in [6.07, 6.45) is 1.34. The van der Waals surface area contributed by atoms with Crippen molar-refractivity contribution in [2.45, 2.75) is 17.7 Å². The minimum absolute atomic E-state index is 0.234. The molecule has 0 saturated heterocycles. The average Bonchev–Trinajstić information content (AvgIpc) is 2.61. The van der Waals surface area contributed by atoms with Crippen LogP contribution in [0.4, 0.5) is 5.69 Å². The lowest BCUT2D eigenvalue weighted by Gasteiger charge is -2.17. The zero-order valence-corrected chi connectivity index (χ0v) is 14.9. The third kappa shape index (κ3) is 4.55. The fourth-order valence-corrected chi connectivity index (χ4v) is 3.77. The Hall–Kier alpha value is -2.45. The van der Waals surface area contributed by atoms with E-state index in [2.05, 4.69) is 0 Å². The van der Waals surface area contributed by atoms with E-state index in [4.69, 9.17) is 4.74 Å². The fraction of sp³-hybridized carbons (Fsp3) is 0.294. The first-order chi connectivity index (χ1) is 11.9. The van der Waals surface area contributed by atoms with Crippen molar-refractivity contribution in [1.82, 2.24) is 4.31 Å². The number of methoxy groups -OCH3 is 1. The lowest BCUT2D eigenvalue weighted by atomic mass is 10.1. The Bertz CT molecular complexity index is 837. The van der Waals surface area contributed by atoms with Crippen molar-refractivity contribution >= 4 is 15.7 Å². The maximum Gasteiger partial charge on any atom is 0.293 e. The van der Waals surface area contributed by atoms with Gasteiger partial charge in [0.1, 0.15) is 5.75 Å². The van der Waals surface area contributed by atoms with E-state index >= 15 is 0 Å². The van der Waals surface area contributed by atoms with Gasteiger partial charge in [-0.25, -0.2) is 12.7 Å². The molecule has 0 aliphatic heterocycles. The number of hydrogen-bond acceptors (Lipinski definition) is 5. The molecule has 0 N–H and O–H groups in total. The van der Waals surface area contributed by atoms with Crippen LogP contribution in [0, 0.1) is 10.1 Å². The molecule has 0 heterocycles. The summed E-state index contributed by atoms with van der Waals surface area (Å²) in [6.45, 7) is 0.264. The summed E-state index contributed by atoms with van der Waals surface area (Å²) < 4.78 is 31.4. The summed E-state index contributed by atoms with van der Waals surface area (Å²) in [5, 5.41) is 11.2. The van der Waals surface area contributed by atoms with Gasteiger partial charge in [-0.3, -0.25) is 10.1 Å². The fourth-order valence-electron chi connectivity index (χ4n) is 2.42. The van der Waals surface area contributed by atoms with Gasteiger partial charge in [0.05, 0.1) is 18.1 Å². The second-order valence-electron chi connectivity index (χ2n) is 5.51. The van der Waals surface area contributed by atoms with Gasteiger partial charge in [0, 0.05) is 13.6 Å². The highest BCUT2D eigenvalue weighted by atomic mass is 32.2. The maximum atomic E-state index is 12.7. The molecule has 25 heavy (non-hydrogen) atoms. The minimum atomic E-state index is -3.96. The largest absolute Gasteiger partial charge is 0.497 e. The van der Waals surface area contributed by atoms with Gasteiger partial charge >= 0.3 is 0 Å². The first-order valence-electron chi connectivity index (χ1n) is 7.69. The molecule has 0 radical (unpaired) electrons. The monoisotopic (exact) mass is 364 g/mol. The Morgan fingerprint density at radius 1 is 1.16 bits per heavy atom. The number of nitro groups is 1. The number of aryl methyl sites for hydroxylation is 1. The zero-order valence-electron chi connectivity index (χ0n) is 14.1. The number of benzene rings is 2. The van der Waals surface area contributed by atoms with Crippen molar-refractivity contribution in [3.8, 4) is 5.75 Å². The Balaban J connectivity index is 2.15. The van der Waals surface area contributed by atoms with Crippen LogP contribution in [0.1, 0.15) is 12.0 Å². The van der Waals surface area contributed by atoms with Crippen molar-refractivity contribution in [3.05, 3.63) is 64.2 Å². The van der Waals surface area contributed by atoms with Gasteiger partial charge in [0.15, 0.2) is 4.90 Å². The molecule has 2 aromatic carbocycles. The number of hydrogen-bond donors (Lipinski definition) is 0.